The Balaban J connectivity index is 3.41. The molecule has 15 heavy (non-hydrogen) atoms. The average Bonchev–Trinajstić information content (AvgIpc) is 2.16. The molecule has 0 amide bonds. The van der Waals surface area contributed by atoms with Gasteiger partial charge in [-0.1, -0.05) is 0 Å². The Bertz CT molecular complexity index is 433. The molecule has 1 aromatic rings. The number of rotatable bonds is 2. The number of nitrogens with zero attached hydrogens (tertiary/aromatic N) is 1. The van der Waals surface area contributed by atoms with Crippen LogP contribution < -0.4 is 5.73 Å². The molecule has 0 fully saturated rings. The number of benzene rings is 1. The first-order valence-corrected chi connectivity index (χ1v) is 3.79. The molecular weight excluding hydrogens is 207 g/mol. The molecule has 0 spiro atoms. The van der Waals surface area contributed by atoms with Crippen LogP contribution in [0.2, 0.25) is 0 Å². The summed E-state index contributed by atoms with van der Waals surface area (Å²) < 4.78 is 17.3. The number of nitro groups is 1. The van der Waals surface area contributed by atoms with Gasteiger partial charge in [0.05, 0.1) is 17.6 Å². The fourth-order valence-electron chi connectivity index (χ4n) is 1.05. The number of anilines is 1. The number of halogens is 1. The molecule has 0 saturated heterocycles. The lowest BCUT2D eigenvalue weighted by molar-refractivity contribution is -0.386. The van der Waals surface area contributed by atoms with E-state index >= 15 is 0 Å². The van der Waals surface area contributed by atoms with Crippen molar-refractivity contribution in [1.29, 1.82) is 0 Å². The average molecular weight is 214 g/mol. The fourth-order valence-corrected chi connectivity index (χ4v) is 1.05. The minimum atomic E-state index is -1.09. The van der Waals surface area contributed by atoms with E-state index in [4.69, 9.17) is 5.73 Å². The number of carbonyl (C=O) groups is 1. The lowest BCUT2D eigenvalue weighted by Crippen LogP contribution is -2.09. The molecule has 0 atom stereocenters. The molecule has 0 unspecified atom stereocenters. The third-order valence-electron chi connectivity index (χ3n) is 1.76. The third-order valence-corrected chi connectivity index (χ3v) is 1.76. The van der Waals surface area contributed by atoms with Crippen molar-refractivity contribution in [3.8, 4) is 0 Å². The zero-order valence-corrected chi connectivity index (χ0v) is 7.69. The summed E-state index contributed by atoms with van der Waals surface area (Å²) >= 11 is 0. The van der Waals surface area contributed by atoms with Crippen molar-refractivity contribution in [2.75, 3.05) is 12.8 Å². The first kappa shape index (κ1) is 10.9. The lowest BCUT2D eigenvalue weighted by Gasteiger charge is -2.04. The van der Waals surface area contributed by atoms with Crippen molar-refractivity contribution >= 4 is 17.3 Å². The lowest BCUT2D eigenvalue weighted by atomic mass is 10.1. The predicted octanol–water partition coefficient (Wildman–Crippen LogP) is 1.10. The van der Waals surface area contributed by atoms with Gasteiger partial charge in [-0.3, -0.25) is 10.1 Å². The SMILES string of the molecule is COC(=O)c1ccc(F)c([N+](=O)[O-])c1N. The highest BCUT2D eigenvalue weighted by Gasteiger charge is 2.24. The topological polar surface area (TPSA) is 95.5 Å². The van der Waals surface area contributed by atoms with Crippen molar-refractivity contribution in [2.24, 2.45) is 0 Å². The second-order valence-electron chi connectivity index (χ2n) is 2.61. The maximum absolute atomic E-state index is 13.0. The second-order valence-corrected chi connectivity index (χ2v) is 2.61. The molecule has 1 rings (SSSR count). The Morgan fingerprint density at radius 3 is 2.67 bits per heavy atom. The van der Waals surface area contributed by atoms with Gasteiger partial charge in [-0.2, -0.15) is 4.39 Å². The summed E-state index contributed by atoms with van der Waals surface area (Å²) in [5.74, 6) is -1.94. The van der Waals surface area contributed by atoms with Crippen LogP contribution in [0.1, 0.15) is 10.4 Å². The van der Waals surface area contributed by atoms with Crippen LogP contribution >= 0.6 is 0 Å². The van der Waals surface area contributed by atoms with E-state index in [2.05, 4.69) is 4.74 Å². The molecule has 7 heteroatoms. The number of nitro benzene ring substituents is 1. The van der Waals surface area contributed by atoms with E-state index in [0.717, 1.165) is 19.2 Å². The zero-order chi connectivity index (χ0) is 11.6. The Morgan fingerprint density at radius 1 is 1.60 bits per heavy atom. The molecule has 1 aromatic carbocycles. The van der Waals surface area contributed by atoms with Gasteiger partial charge in [0.2, 0.25) is 5.82 Å². The summed E-state index contributed by atoms with van der Waals surface area (Å²) in [6.07, 6.45) is 0. The number of nitrogen functional groups attached to an aromatic ring is 1. The summed E-state index contributed by atoms with van der Waals surface area (Å²) in [5.41, 5.74) is 3.59. The van der Waals surface area contributed by atoms with Gasteiger partial charge in [-0.15, -0.1) is 0 Å². The normalized spacial score (nSPS) is 9.73. The van der Waals surface area contributed by atoms with Crippen LogP contribution in [0.25, 0.3) is 0 Å². The molecule has 2 N–H and O–H groups in total. The molecule has 0 saturated carbocycles. The molecule has 0 radical (unpaired) electrons. The largest absolute Gasteiger partial charge is 0.465 e. The molecule has 80 valence electrons. The van der Waals surface area contributed by atoms with Crippen LogP contribution in [0.4, 0.5) is 15.8 Å². The maximum atomic E-state index is 13.0. The Morgan fingerprint density at radius 2 is 2.20 bits per heavy atom. The van der Waals surface area contributed by atoms with Crippen molar-refractivity contribution in [3.05, 3.63) is 33.6 Å². The van der Waals surface area contributed by atoms with Gasteiger partial charge in [0.25, 0.3) is 0 Å². The third kappa shape index (κ3) is 1.85. The predicted molar refractivity (Wildman–Crippen MR) is 48.8 cm³/mol. The molecule has 0 bridgehead atoms. The van der Waals surface area contributed by atoms with E-state index in [-0.39, 0.29) is 5.56 Å². The summed E-state index contributed by atoms with van der Waals surface area (Å²) in [6, 6.07) is 1.82. The minimum absolute atomic E-state index is 0.231. The van der Waals surface area contributed by atoms with Crippen LogP contribution in [0.15, 0.2) is 12.1 Å². The van der Waals surface area contributed by atoms with Gasteiger partial charge >= 0.3 is 11.7 Å². The van der Waals surface area contributed by atoms with E-state index in [0.29, 0.717) is 0 Å². The summed E-state index contributed by atoms with van der Waals surface area (Å²) in [4.78, 5) is 20.5. The van der Waals surface area contributed by atoms with E-state index in [1.165, 1.54) is 0 Å². The molecule has 0 aliphatic rings. The van der Waals surface area contributed by atoms with Gasteiger partial charge in [0, 0.05) is 0 Å². The van der Waals surface area contributed by atoms with Crippen molar-refractivity contribution < 1.29 is 18.8 Å². The summed E-state index contributed by atoms with van der Waals surface area (Å²) in [6.45, 7) is 0. The number of hydrogen-bond donors (Lipinski definition) is 1. The van der Waals surface area contributed by atoms with Crippen LogP contribution in [0, 0.1) is 15.9 Å². The van der Waals surface area contributed by atoms with Crippen LogP contribution in [-0.2, 0) is 4.74 Å². The van der Waals surface area contributed by atoms with E-state index < -0.39 is 28.1 Å². The summed E-state index contributed by atoms with van der Waals surface area (Å²) in [5, 5.41) is 10.4. The van der Waals surface area contributed by atoms with Crippen LogP contribution in [0.3, 0.4) is 0 Å². The van der Waals surface area contributed by atoms with Crippen molar-refractivity contribution in [1.82, 2.24) is 0 Å². The smallest absolute Gasteiger partial charge is 0.340 e. The number of ether oxygens (including phenoxy) is 1. The van der Waals surface area contributed by atoms with Crippen molar-refractivity contribution in [3.63, 3.8) is 0 Å². The monoisotopic (exact) mass is 214 g/mol. The second kappa shape index (κ2) is 3.91. The Hall–Kier alpha value is -2.18. The molecule has 0 aromatic heterocycles. The number of nitrogens with two attached hydrogens (primary N) is 1. The van der Waals surface area contributed by atoms with E-state index in [1.807, 2.05) is 0 Å². The fraction of sp³-hybridized carbons (Fsp3) is 0.125. The van der Waals surface area contributed by atoms with Gasteiger partial charge in [0.15, 0.2) is 0 Å². The van der Waals surface area contributed by atoms with Gasteiger partial charge in [-0.25, -0.2) is 4.79 Å². The number of carbonyl (C=O) groups excluding carboxylic acids is 1. The number of hydrogen-bond acceptors (Lipinski definition) is 5. The van der Waals surface area contributed by atoms with Crippen LogP contribution in [-0.4, -0.2) is 18.0 Å². The zero-order valence-electron chi connectivity index (χ0n) is 7.69. The minimum Gasteiger partial charge on any atom is -0.465 e. The summed E-state index contributed by atoms with van der Waals surface area (Å²) in [7, 11) is 1.09. The van der Waals surface area contributed by atoms with Gasteiger partial charge < -0.3 is 10.5 Å². The Labute approximate surface area is 83.6 Å². The molecule has 0 aliphatic heterocycles. The highest BCUT2D eigenvalue weighted by Crippen LogP contribution is 2.28. The van der Waals surface area contributed by atoms with E-state index in [1.54, 1.807) is 0 Å². The quantitative estimate of drug-likeness (QED) is 0.344. The highest BCUT2D eigenvalue weighted by molar-refractivity contribution is 5.97. The molecule has 0 aliphatic carbocycles. The van der Waals surface area contributed by atoms with E-state index in [9.17, 15) is 19.3 Å². The highest BCUT2D eigenvalue weighted by atomic mass is 19.1. The maximum Gasteiger partial charge on any atom is 0.340 e. The Kier molecular flexibility index (Phi) is 2.84. The van der Waals surface area contributed by atoms with Gasteiger partial charge in [-0.05, 0) is 12.1 Å². The molecule has 6 nitrogen and oxygen atoms in total. The molecule has 0 heterocycles. The number of esters is 1. The standard InChI is InChI=1S/C8H7FN2O4/c1-15-8(12)4-2-3-5(9)7(6(4)10)11(13)14/h2-3H,10H2,1H3. The molecular formula is C8H7FN2O4. The van der Waals surface area contributed by atoms with Crippen molar-refractivity contribution in [2.45, 2.75) is 0 Å². The van der Waals surface area contributed by atoms with Crippen LogP contribution in [0.5, 0.6) is 0 Å². The number of methoxy groups -OCH3 is 1. The van der Waals surface area contributed by atoms with Gasteiger partial charge in [0.1, 0.15) is 5.69 Å². The first-order chi connectivity index (χ1) is 6.99. The first-order valence-electron chi connectivity index (χ1n) is 3.79.